The molecular weight excluding hydrogens is 298 g/mol. The van der Waals surface area contributed by atoms with Gasteiger partial charge < -0.3 is 9.30 Å². The fourth-order valence-electron chi connectivity index (χ4n) is 2.83. The Labute approximate surface area is 143 Å². The number of ether oxygens (including phenoxy) is 1. The summed E-state index contributed by atoms with van der Waals surface area (Å²) < 4.78 is 8.11. The second kappa shape index (κ2) is 7.05. The van der Waals surface area contributed by atoms with Gasteiger partial charge in [-0.05, 0) is 50.2 Å². The molecule has 0 bridgehead atoms. The van der Waals surface area contributed by atoms with Gasteiger partial charge in [-0.3, -0.25) is 4.90 Å². The molecule has 0 N–H and O–H groups in total. The molecule has 1 heterocycles. The van der Waals surface area contributed by atoms with Gasteiger partial charge in [0.05, 0.1) is 17.6 Å². The fourth-order valence-corrected chi connectivity index (χ4v) is 2.83. The number of nitrogens with zero attached hydrogens (tertiary/aromatic N) is 3. The van der Waals surface area contributed by atoms with Crippen LogP contribution in [0.15, 0.2) is 42.5 Å². The third-order valence-electron chi connectivity index (χ3n) is 4.37. The van der Waals surface area contributed by atoms with Crippen molar-refractivity contribution in [2.45, 2.75) is 20.4 Å². The maximum absolute atomic E-state index is 5.95. The number of fused-ring (bicyclic) bond motifs is 1. The second-order valence-electron chi connectivity index (χ2n) is 6.43. The highest BCUT2D eigenvalue weighted by Gasteiger charge is 2.10. The van der Waals surface area contributed by atoms with E-state index in [0.717, 1.165) is 30.2 Å². The van der Waals surface area contributed by atoms with E-state index >= 15 is 0 Å². The van der Waals surface area contributed by atoms with E-state index in [4.69, 9.17) is 9.72 Å². The van der Waals surface area contributed by atoms with Crippen LogP contribution in [-0.2, 0) is 13.6 Å². The zero-order chi connectivity index (χ0) is 17.1. The lowest BCUT2D eigenvalue weighted by molar-refractivity contribution is 0.228. The molecule has 0 aliphatic heterocycles. The van der Waals surface area contributed by atoms with Crippen molar-refractivity contribution in [3.63, 3.8) is 0 Å². The highest BCUT2D eigenvalue weighted by atomic mass is 16.5. The summed E-state index contributed by atoms with van der Waals surface area (Å²) in [4.78, 5) is 6.97. The minimum Gasteiger partial charge on any atom is -0.492 e. The minimum absolute atomic E-state index is 0.671. The predicted molar refractivity (Wildman–Crippen MR) is 98.5 cm³/mol. The summed E-state index contributed by atoms with van der Waals surface area (Å²) in [6, 6.07) is 14.6. The largest absolute Gasteiger partial charge is 0.492 e. The molecular formula is C20H25N3O. The quantitative estimate of drug-likeness (QED) is 0.693. The van der Waals surface area contributed by atoms with Crippen LogP contribution in [-0.4, -0.2) is 34.7 Å². The van der Waals surface area contributed by atoms with Crippen molar-refractivity contribution in [2.24, 2.45) is 7.05 Å². The maximum atomic E-state index is 5.95. The standard InChI is InChI=1S/C20H25N3O/c1-15-9-10-16(2)19(13-15)24-12-11-22(3)14-20-21-17-7-5-6-8-18(17)23(20)4/h5-10,13H,11-12,14H2,1-4H3. The first-order valence-electron chi connectivity index (χ1n) is 8.33. The number of aromatic nitrogens is 2. The minimum atomic E-state index is 0.671. The summed E-state index contributed by atoms with van der Waals surface area (Å²) in [5, 5.41) is 0. The number of hydrogen-bond acceptors (Lipinski definition) is 3. The Balaban J connectivity index is 1.58. The third kappa shape index (κ3) is 3.60. The van der Waals surface area contributed by atoms with Crippen LogP contribution in [0, 0.1) is 13.8 Å². The molecule has 4 heteroatoms. The van der Waals surface area contributed by atoms with Gasteiger partial charge >= 0.3 is 0 Å². The lowest BCUT2D eigenvalue weighted by Gasteiger charge is -2.17. The average Bonchev–Trinajstić information content (AvgIpc) is 2.87. The molecule has 0 saturated carbocycles. The van der Waals surface area contributed by atoms with E-state index in [-0.39, 0.29) is 0 Å². The van der Waals surface area contributed by atoms with Crippen molar-refractivity contribution in [2.75, 3.05) is 20.2 Å². The number of para-hydroxylation sites is 2. The van der Waals surface area contributed by atoms with Gasteiger partial charge in [-0.25, -0.2) is 4.98 Å². The number of benzene rings is 2. The summed E-state index contributed by atoms with van der Waals surface area (Å²) in [6.07, 6.45) is 0. The number of aryl methyl sites for hydroxylation is 3. The molecule has 0 saturated heterocycles. The first-order chi connectivity index (χ1) is 11.5. The highest BCUT2D eigenvalue weighted by molar-refractivity contribution is 5.75. The molecule has 0 radical (unpaired) electrons. The van der Waals surface area contributed by atoms with E-state index in [1.165, 1.54) is 16.6 Å². The van der Waals surface area contributed by atoms with Gasteiger partial charge in [0.1, 0.15) is 18.2 Å². The zero-order valence-electron chi connectivity index (χ0n) is 14.9. The molecule has 0 aliphatic rings. The van der Waals surface area contributed by atoms with Crippen molar-refractivity contribution >= 4 is 11.0 Å². The van der Waals surface area contributed by atoms with Crippen molar-refractivity contribution in [1.82, 2.24) is 14.5 Å². The summed E-state index contributed by atoms with van der Waals surface area (Å²) in [5.41, 5.74) is 4.63. The van der Waals surface area contributed by atoms with E-state index in [2.05, 4.69) is 73.8 Å². The van der Waals surface area contributed by atoms with Crippen molar-refractivity contribution < 1.29 is 4.74 Å². The maximum Gasteiger partial charge on any atom is 0.123 e. The molecule has 2 aromatic carbocycles. The highest BCUT2D eigenvalue weighted by Crippen LogP contribution is 2.19. The number of likely N-dealkylation sites (N-methyl/N-ethyl adjacent to an activating group) is 1. The van der Waals surface area contributed by atoms with Gasteiger partial charge in [-0.2, -0.15) is 0 Å². The predicted octanol–water partition coefficient (Wildman–Crippen LogP) is 3.70. The van der Waals surface area contributed by atoms with Gasteiger partial charge in [-0.15, -0.1) is 0 Å². The lowest BCUT2D eigenvalue weighted by Crippen LogP contribution is -2.25. The fraction of sp³-hybridized carbons (Fsp3) is 0.350. The Morgan fingerprint density at radius 1 is 1.12 bits per heavy atom. The Hall–Kier alpha value is -2.33. The Kier molecular flexibility index (Phi) is 4.86. The summed E-state index contributed by atoms with van der Waals surface area (Å²) >= 11 is 0. The topological polar surface area (TPSA) is 30.3 Å². The number of imidazole rings is 1. The van der Waals surface area contributed by atoms with Gasteiger partial charge in [0.25, 0.3) is 0 Å². The molecule has 0 unspecified atom stereocenters. The first kappa shape index (κ1) is 16.5. The van der Waals surface area contributed by atoms with Gasteiger partial charge in [0, 0.05) is 13.6 Å². The van der Waals surface area contributed by atoms with E-state index in [0.29, 0.717) is 6.61 Å². The third-order valence-corrected chi connectivity index (χ3v) is 4.37. The summed E-state index contributed by atoms with van der Waals surface area (Å²) in [7, 11) is 4.18. The Morgan fingerprint density at radius 3 is 2.71 bits per heavy atom. The van der Waals surface area contributed by atoms with Crippen LogP contribution in [0.3, 0.4) is 0 Å². The van der Waals surface area contributed by atoms with E-state index < -0.39 is 0 Å². The zero-order valence-corrected chi connectivity index (χ0v) is 14.9. The average molecular weight is 323 g/mol. The lowest BCUT2D eigenvalue weighted by atomic mass is 10.1. The Morgan fingerprint density at radius 2 is 1.92 bits per heavy atom. The molecule has 0 aliphatic carbocycles. The van der Waals surface area contributed by atoms with Gasteiger partial charge in [-0.1, -0.05) is 24.3 Å². The SMILES string of the molecule is Cc1ccc(C)c(OCCN(C)Cc2nc3ccccc3n2C)c1. The van der Waals surface area contributed by atoms with Gasteiger partial charge in [0.2, 0.25) is 0 Å². The normalized spacial score (nSPS) is 11.4. The van der Waals surface area contributed by atoms with Crippen LogP contribution in [0.1, 0.15) is 17.0 Å². The molecule has 24 heavy (non-hydrogen) atoms. The monoisotopic (exact) mass is 323 g/mol. The number of rotatable bonds is 6. The molecule has 3 aromatic rings. The van der Waals surface area contributed by atoms with E-state index in [1.54, 1.807) is 0 Å². The summed E-state index contributed by atoms with van der Waals surface area (Å²) in [5.74, 6) is 2.05. The van der Waals surface area contributed by atoms with Gasteiger partial charge in [0.15, 0.2) is 0 Å². The molecule has 3 rings (SSSR count). The molecule has 1 aromatic heterocycles. The summed E-state index contributed by atoms with van der Waals surface area (Å²) in [6.45, 7) is 6.50. The smallest absolute Gasteiger partial charge is 0.123 e. The molecule has 0 spiro atoms. The van der Waals surface area contributed by atoms with Crippen LogP contribution in [0.5, 0.6) is 5.75 Å². The number of hydrogen-bond donors (Lipinski definition) is 0. The van der Waals surface area contributed by atoms with Crippen molar-refractivity contribution in [3.8, 4) is 5.75 Å². The van der Waals surface area contributed by atoms with Crippen LogP contribution >= 0.6 is 0 Å². The molecule has 0 amide bonds. The van der Waals surface area contributed by atoms with Crippen LogP contribution in [0.25, 0.3) is 11.0 Å². The first-order valence-corrected chi connectivity index (χ1v) is 8.33. The molecule has 4 nitrogen and oxygen atoms in total. The molecule has 0 fully saturated rings. The van der Waals surface area contributed by atoms with Crippen LogP contribution in [0.2, 0.25) is 0 Å². The second-order valence-corrected chi connectivity index (χ2v) is 6.43. The van der Waals surface area contributed by atoms with Crippen molar-refractivity contribution in [1.29, 1.82) is 0 Å². The van der Waals surface area contributed by atoms with Crippen molar-refractivity contribution in [3.05, 3.63) is 59.4 Å². The Bertz CT molecular complexity index is 838. The molecule has 0 atom stereocenters. The van der Waals surface area contributed by atoms with Crippen LogP contribution < -0.4 is 4.74 Å². The van der Waals surface area contributed by atoms with Crippen LogP contribution in [0.4, 0.5) is 0 Å². The molecule has 126 valence electrons. The van der Waals surface area contributed by atoms with E-state index in [9.17, 15) is 0 Å². The van der Waals surface area contributed by atoms with E-state index in [1.807, 2.05) is 6.07 Å².